The summed E-state index contributed by atoms with van der Waals surface area (Å²) in [4.78, 5) is 19.0. The van der Waals surface area contributed by atoms with Crippen molar-refractivity contribution >= 4 is 221 Å². The molecule has 10 nitrogen and oxygen atoms in total. The topological polar surface area (TPSA) is 91.3 Å². The van der Waals surface area contributed by atoms with Gasteiger partial charge in [0.05, 0.1) is 11.4 Å². The van der Waals surface area contributed by atoms with Gasteiger partial charge in [-0.15, -0.1) is 0 Å². The Labute approximate surface area is 774 Å². The number of aryl methyl sites for hydroxylation is 4. The number of hydrogen-bond donors (Lipinski definition) is 0. The molecule has 0 spiro atoms. The minimum absolute atomic E-state index is 0.273. The average molecular weight is 1730 g/mol. The molecule has 0 saturated carbocycles. The minimum Gasteiger partial charge on any atom is -0.455 e. The van der Waals surface area contributed by atoms with Crippen LogP contribution in [0.1, 0.15) is 73.2 Å². The van der Waals surface area contributed by atoms with Gasteiger partial charge in [-0.1, -0.05) is 209 Å². The Bertz CT molecular complexity index is 8530. The first-order valence-corrected chi connectivity index (χ1v) is 46.3. The maximum absolute atomic E-state index is 7.25. The zero-order valence-corrected chi connectivity index (χ0v) is 75.4. The van der Waals surface area contributed by atoms with E-state index in [1.54, 1.807) is 0 Å². The van der Waals surface area contributed by atoms with Gasteiger partial charge in [-0.3, -0.25) is 9.80 Å². The summed E-state index contributed by atoms with van der Waals surface area (Å²) in [6.45, 7) is 17.6. The van der Waals surface area contributed by atoms with E-state index >= 15 is 0 Å². The third-order valence-electron chi connectivity index (χ3n) is 27.2. The molecule has 0 fully saturated rings. The van der Waals surface area contributed by atoms with Gasteiger partial charge in [-0.25, -0.2) is 9.97 Å². The zero-order chi connectivity index (χ0) is 89.8. The summed E-state index contributed by atoms with van der Waals surface area (Å²) in [6, 6.07) is 139. The molecule has 0 N–H and O–H groups in total. The Morgan fingerprint density at radius 2 is 0.470 bits per heavy atom. The molecule has 0 aliphatic rings. The molecule has 10 heteroatoms. The molecule has 20 aromatic carbocycles. The Kier molecular flexibility index (Phi) is 18.7. The molecule has 6 heterocycles. The number of para-hydroxylation sites is 6. The van der Waals surface area contributed by atoms with Crippen LogP contribution < -0.4 is 19.6 Å². The molecule has 0 bridgehead atoms. The van der Waals surface area contributed by atoms with Gasteiger partial charge in [0.15, 0.2) is 0 Å². The van der Waals surface area contributed by atoms with Crippen LogP contribution in [0.2, 0.25) is 0 Å². The molecule has 0 saturated heterocycles. The molecular formula is C124H90N6O4. The number of rotatable bonds is 16. The van der Waals surface area contributed by atoms with E-state index in [0.29, 0.717) is 0 Å². The Morgan fingerprint density at radius 1 is 0.201 bits per heavy atom. The molecular weight excluding hydrogens is 1640 g/mol. The summed E-state index contributed by atoms with van der Waals surface area (Å²) >= 11 is 0. The van der Waals surface area contributed by atoms with E-state index in [1.807, 2.05) is 38.1 Å². The van der Waals surface area contributed by atoms with Crippen molar-refractivity contribution in [2.24, 2.45) is 0 Å². The van der Waals surface area contributed by atoms with E-state index in [0.717, 1.165) is 222 Å². The van der Waals surface area contributed by atoms with Crippen LogP contribution in [0.25, 0.3) is 175 Å². The van der Waals surface area contributed by atoms with Gasteiger partial charge in [-0.2, -0.15) is 0 Å². The number of pyridine rings is 2. The van der Waals surface area contributed by atoms with E-state index < -0.39 is 0 Å². The number of nitrogens with zero attached hydrogens (tertiary/aromatic N) is 6. The van der Waals surface area contributed by atoms with Gasteiger partial charge in [0.25, 0.3) is 0 Å². The Balaban J connectivity index is 0.000000145. The van der Waals surface area contributed by atoms with E-state index in [2.05, 4.69) is 425 Å². The lowest BCUT2D eigenvalue weighted by Crippen LogP contribution is -2.11. The maximum Gasteiger partial charge on any atom is 0.143 e. The van der Waals surface area contributed by atoms with Crippen molar-refractivity contribution in [1.29, 1.82) is 0 Å². The molecule has 0 aliphatic heterocycles. The highest BCUT2D eigenvalue weighted by Crippen LogP contribution is 2.56. The number of furan rings is 4. The molecule has 134 heavy (non-hydrogen) atoms. The van der Waals surface area contributed by atoms with Crippen LogP contribution in [-0.2, 0) is 0 Å². The van der Waals surface area contributed by atoms with Crippen molar-refractivity contribution in [2.75, 3.05) is 19.6 Å². The summed E-state index contributed by atoms with van der Waals surface area (Å²) in [5.74, 6) is 2.23. The van der Waals surface area contributed by atoms with Crippen LogP contribution in [0.15, 0.2) is 406 Å². The quantitative estimate of drug-likeness (QED) is 0.0871. The first kappa shape index (κ1) is 79.4. The van der Waals surface area contributed by atoms with Crippen molar-refractivity contribution < 1.29 is 17.7 Å². The number of hydrogen-bond acceptors (Lipinski definition) is 10. The lowest BCUT2D eigenvalue weighted by molar-refractivity contribution is 0.672. The van der Waals surface area contributed by atoms with Crippen molar-refractivity contribution in [3.63, 3.8) is 0 Å². The molecule has 6 aromatic heterocycles. The van der Waals surface area contributed by atoms with Crippen LogP contribution in [-0.4, -0.2) is 9.97 Å². The normalized spacial score (nSPS) is 12.0. The molecule has 0 unspecified atom stereocenters. The monoisotopic (exact) mass is 1730 g/mol. The van der Waals surface area contributed by atoms with Crippen LogP contribution in [0.5, 0.6) is 0 Å². The van der Waals surface area contributed by atoms with Crippen LogP contribution in [0, 0.1) is 27.7 Å². The highest BCUT2D eigenvalue weighted by molar-refractivity contribution is 6.40. The Morgan fingerprint density at radius 3 is 0.761 bits per heavy atom. The lowest BCUT2D eigenvalue weighted by atomic mass is 9.83. The van der Waals surface area contributed by atoms with Gasteiger partial charge >= 0.3 is 0 Å². The molecule has 0 radical (unpaired) electrons. The van der Waals surface area contributed by atoms with Gasteiger partial charge in [0.1, 0.15) is 56.3 Å². The van der Waals surface area contributed by atoms with Gasteiger partial charge < -0.3 is 27.5 Å². The molecule has 0 aliphatic carbocycles. The third kappa shape index (κ3) is 13.1. The van der Waals surface area contributed by atoms with Crippen LogP contribution >= 0.6 is 0 Å². The second-order valence-corrected chi connectivity index (χ2v) is 36.5. The minimum atomic E-state index is 0.273. The van der Waals surface area contributed by atoms with Crippen molar-refractivity contribution in [2.45, 2.75) is 67.2 Å². The van der Waals surface area contributed by atoms with E-state index in [4.69, 9.17) is 27.6 Å². The van der Waals surface area contributed by atoms with E-state index in [9.17, 15) is 0 Å². The first-order valence-electron chi connectivity index (χ1n) is 46.3. The van der Waals surface area contributed by atoms with Crippen LogP contribution in [0.4, 0.5) is 68.5 Å². The van der Waals surface area contributed by atoms with Crippen molar-refractivity contribution in [1.82, 2.24) is 9.97 Å². The summed E-state index contributed by atoms with van der Waals surface area (Å²) in [6.07, 6.45) is 0. The van der Waals surface area contributed by atoms with Gasteiger partial charge in [0, 0.05) is 167 Å². The summed E-state index contributed by atoms with van der Waals surface area (Å²) < 4.78 is 28.7. The second-order valence-electron chi connectivity index (χ2n) is 36.5. The fraction of sp³-hybridized carbons (Fsp3) is 0.0806. The number of anilines is 12. The van der Waals surface area contributed by atoms with E-state index in [1.165, 1.54) is 54.6 Å². The maximum atomic E-state index is 7.25. The zero-order valence-electron chi connectivity index (χ0n) is 75.4. The number of aromatic nitrogens is 2. The number of benzene rings is 20. The fourth-order valence-electron chi connectivity index (χ4n) is 21.2. The van der Waals surface area contributed by atoms with Crippen molar-refractivity contribution in [3.8, 4) is 22.3 Å². The Hall–Kier alpha value is -16.8. The lowest BCUT2D eigenvalue weighted by Gasteiger charge is -2.25. The molecule has 26 aromatic rings. The molecule has 0 atom stereocenters. The summed E-state index contributed by atoms with van der Waals surface area (Å²) in [5.41, 5.74) is 28.9. The van der Waals surface area contributed by atoms with Gasteiger partial charge in [-0.05, 0) is 289 Å². The van der Waals surface area contributed by atoms with Crippen molar-refractivity contribution in [3.05, 3.63) is 422 Å². The standard InChI is InChI=1S/C66H46N4O2.C58H44N2O2/c1-39-15-11-19-43(31-39)51-35-57-64-54(38-56-50-30-28-48(34-60(50)71-65(56)57)70(46-23-9-6-10-24-46)62-26-14-18-42(4)68-62)52(44-20-12-16-40(2)32-44)36-58-63(64)53(51)37-55-49-29-27-47(33-59(49)72-66(55)58)69(45-21-7-5-8-22-45)61-25-13-17-41(3)67-61;1-35(2)45-31-51-56-48(34-50-44-28-26-42(30-54(44)61-57(50)51)60(39-21-13-7-14-22-39)40-23-15-8-16-24-40)46(36(3)4)32-52-55(56)47(45)33-49-43-27-25-41(29-53(43)62-58(49)52)59(37-17-9-5-10-18-37)38-19-11-6-12-20-38/h5-38H,1-4H3;5-36H,1-4H3. The largest absolute Gasteiger partial charge is 0.455 e. The molecule has 640 valence electrons. The van der Waals surface area contributed by atoms with Crippen LogP contribution in [0.3, 0.4) is 0 Å². The SMILES string of the molecule is CC(C)c1cc2c3oc4cc(N(c5ccccc5)c5ccccc5)ccc4c3cc3c(C(C)C)cc4c5oc6cc(N(c7ccccc7)c7ccccc7)ccc6c5cc1c4c32.Cc1cccc(-c2cc3c4oc5cc(N(c6ccccc6)c6cccc(C)n6)ccc5c4cc4c(-c5cccc(C)c5)cc5c6oc7cc(N(c8ccccc8)c8cccc(C)n8)ccc7c6cc2c5c43)c1. The molecule has 0 amide bonds. The number of fused-ring (bicyclic) bond motifs is 16. The summed E-state index contributed by atoms with van der Waals surface area (Å²) in [7, 11) is 0. The molecule has 26 rings (SSSR count). The third-order valence-corrected chi connectivity index (χ3v) is 27.2. The predicted octanol–water partition coefficient (Wildman–Crippen LogP) is 36.2. The first-order chi connectivity index (χ1) is 65.7. The highest BCUT2D eigenvalue weighted by atomic mass is 16.3. The predicted molar refractivity (Wildman–Crippen MR) is 562 cm³/mol. The second kappa shape index (κ2) is 31.5. The average Bonchev–Trinajstić information content (AvgIpc) is 1.42. The fourth-order valence-corrected chi connectivity index (χ4v) is 21.2. The smallest absolute Gasteiger partial charge is 0.143 e. The van der Waals surface area contributed by atoms with E-state index in [-0.39, 0.29) is 11.8 Å². The summed E-state index contributed by atoms with van der Waals surface area (Å²) in [5, 5.41) is 22.9. The highest BCUT2D eigenvalue weighted by Gasteiger charge is 2.31. The van der Waals surface area contributed by atoms with Gasteiger partial charge in [0.2, 0.25) is 0 Å².